The van der Waals surface area contributed by atoms with E-state index in [2.05, 4.69) is 6.08 Å². The average Bonchev–Trinajstić information content (AvgIpc) is 3.30. The second kappa shape index (κ2) is 11.3. The lowest BCUT2D eigenvalue weighted by Gasteiger charge is -2.33. The number of amides is 2. The lowest BCUT2D eigenvalue weighted by atomic mass is 9.94. The number of rotatable bonds is 7. The summed E-state index contributed by atoms with van der Waals surface area (Å²) in [5.41, 5.74) is 4.39. The van der Waals surface area contributed by atoms with Gasteiger partial charge >= 0.3 is 5.97 Å². The fourth-order valence-corrected chi connectivity index (χ4v) is 5.31. The highest BCUT2D eigenvalue weighted by Gasteiger charge is 2.38. The van der Waals surface area contributed by atoms with Gasteiger partial charge in [0.2, 0.25) is 0 Å². The first-order valence-corrected chi connectivity index (χ1v) is 13.7. The number of aliphatic hydroxyl groups excluding tert-OH is 2. The van der Waals surface area contributed by atoms with Crippen LogP contribution in [0.5, 0.6) is 11.5 Å². The largest absolute Gasteiger partial charge is 0.489 e. The number of benzene rings is 2. The van der Waals surface area contributed by atoms with Crippen LogP contribution in [0.25, 0.3) is 0 Å². The van der Waals surface area contributed by atoms with E-state index in [1.165, 1.54) is 4.90 Å². The molecule has 2 aromatic carbocycles. The third kappa shape index (κ3) is 5.42. The number of hydrogen-bond donors (Lipinski definition) is 2. The van der Waals surface area contributed by atoms with E-state index in [0.717, 1.165) is 24.0 Å². The van der Waals surface area contributed by atoms with Crippen molar-refractivity contribution >= 4 is 23.5 Å². The van der Waals surface area contributed by atoms with E-state index in [-0.39, 0.29) is 17.9 Å². The van der Waals surface area contributed by atoms with Crippen molar-refractivity contribution in [3.05, 3.63) is 88.0 Å². The van der Waals surface area contributed by atoms with Crippen molar-refractivity contribution in [1.29, 1.82) is 0 Å². The molecule has 0 aromatic heterocycles. The van der Waals surface area contributed by atoms with E-state index >= 15 is 0 Å². The van der Waals surface area contributed by atoms with E-state index in [0.29, 0.717) is 52.5 Å². The van der Waals surface area contributed by atoms with Gasteiger partial charge in [0, 0.05) is 22.9 Å². The van der Waals surface area contributed by atoms with Gasteiger partial charge in [0.25, 0.3) is 11.8 Å². The Balaban J connectivity index is 1.11. The van der Waals surface area contributed by atoms with E-state index < -0.39 is 18.4 Å². The van der Waals surface area contributed by atoms with Gasteiger partial charge in [-0.05, 0) is 112 Å². The van der Waals surface area contributed by atoms with Gasteiger partial charge in [-0.1, -0.05) is 6.08 Å². The Morgan fingerprint density at radius 1 is 0.854 bits per heavy atom. The van der Waals surface area contributed by atoms with Gasteiger partial charge in [0.15, 0.2) is 12.5 Å². The van der Waals surface area contributed by atoms with Crippen LogP contribution in [0, 0.1) is 0 Å². The maximum absolute atomic E-state index is 12.7. The first-order chi connectivity index (χ1) is 19.6. The highest BCUT2D eigenvalue weighted by molar-refractivity contribution is 6.09. The van der Waals surface area contributed by atoms with Gasteiger partial charge in [0.05, 0.1) is 5.56 Å². The van der Waals surface area contributed by atoms with Crippen LogP contribution in [0.3, 0.4) is 0 Å². The molecule has 5 rings (SSSR count). The van der Waals surface area contributed by atoms with Crippen LogP contribution in [0.4, 0.5) is 5.69 Å². The summed E-state index contributed by atoms with van der Waals surface area (Å²) >= 11 is 0. The number of carbonyl (C=O) groups is 3. The van der Waals surface area contributed by atoms with Crippen LogP contribution in [0.15, 0.2) is 82.5 Å². The first kappa shape index (κ1) is 28.3. The lowest BCUT2D eigenvalue weighted by Crippen LogP contribution is -2.44. The van der Waals surface area contributed by atoms with Crippen molar-refractivity contribution in [3.8, 4) is 11.5 Å². The number of anilines is 1. The van der Waals surface area contributed by atoms with Crippen molar-refractivity contribution in [1.82, 2.24) is 4.90 Å². The summed E-state index contributed by atoms with van der Waals surface area (Å²) in [5.74, 6) is 0.0865. The average molecular weight is 559 g/mol. The van der Waals surface area contributed by atoms with Crippen molar-refractivity contribution in [2.45, 2.75) is 65.5 Å². The van der Waals surface area contributed by atoms with Gasteiger partial charge < -0.3 is 24.6 Å². The number of esters is 1. The predicted octanol–water partition coefficient (Wildman–Crippen LogP) is 4.26. The molecule has 0 spiro atoms. The fourth-order valence-electron chi connectivity index (χ4n) is 5.31. The molecule has 0 saturated carbocycles. The molecule has 3 aliphatic rings. The molecule has 9 nitrogen and oxygen atoms in total. The molecule has 9 heteroatoms. The molecule has 41 heavy (non-hydrogen) atoms. The molecular formula is C32H34N2O7. The molecule has 2 heterocycles. The molecule has 0 saturated heterocycles. The second-order valence-electron chi connectivity index (χ2n) is 10.7. The number of carbonyl (C=O) groups excluding carboxylic acids is 3. The van der Waals surface area contributed by atoms with Crippen molar-refractivity contribution in [2.75, 3.05) is 11.5 Å². The third-order valence-corrected chi connectivity index (χ3v) is 8.27. The molecule has 1 aliphatic carbocycles. The molecular weight excluding hydrogens is 524 g/mol. The van der Waals surface area contributed by atoms with Crippen LogP contribution in [0.2, 0.25) is 0 Å². The smallest absolute Gasteiger partial charge is 0.343 e. The summed E-state index contributed by atoms with van der Waals surface area (Å²) in [6, 6.07) is 13.1. The van der Waals surface area contributed by atoms with Crippen molar-refractivity contribution in [2.24, 2.45) is 0 Å². The standard InChI is InChI=1S/C32H34N2O7/c1-18-19(2)29(36)33(28(18)35)24-9-5-22(6-10-24)17-40-26-13-15-27(16-14-26)41-32(39)23-7-11-25(12-8-23)34-30(37)20(3)21(4)31(34)38/h5,7-8,11-16,24,28,30,35,37H,6,9-10,17H2,1-4H3. The quantitative estimate of drug-likeness (QED) is 0.296. The van der Waals surface area contributed by atoms with Crippen LogP contribution in [0.1, 0.15) is 57.3 Å². The zero-order chi connectivity index (χ0) is 29.4. The summed E-state index contributed by atoms with van der Waals surface area (Å²) in [6.45, 7) is 7.36. The zero-order valence-electron chi connectivity index (χ0n) is 23.6. The van der Waals surface area contributed by atoms with Crippen molar-refractivity contribution < 1.29 is 34.1 Å². The zero-order valence-corrected chi connectivity index (χ0v) is 23.6. The Labute approximate surface area is 239 Å². The Bertz CT molecular complexity index is 1470. The second-order valence-corrected chi connectivity index (χ2v) is 10.7. The Morgan fingerprint density at radius 2 is 1.46 bits per heavy atom. The molecule has 2 aliphatic heterocycles. The van der Waals surface area contributed by atoms with Gasteiger partial charge in [-0.3, -0.25) is 14.5 Å². The first-order valence-electron chi connectivity index (χ1n) is 13.7. The minimum absolute atomic E-state index is 0.0291. The molecule has 2 aromatic rings. The molecule has 0 fully saturated rings. The van der Waals surface area contributed by atoms with Gasteiger partial charge in [0.1, 0.15) is 18.1 Å². The van der Waals surface area contributed by atoms with Crippen LogP contribution < -0.4 is 14.4 Å². The van der Waals surface area contributed by atoms with E-state index in [1.807, 2.05) is 0 Å². The highest BCUT2D eigenvalue weighted by atomic mass is 16.5. The summed E-state index contributed by atoms with van der Waals surface area (Å²) in [6.07, 6.45) is 2.42. The Hall–Kier alpha value is -4.21. The van der Waals surface area contributed by atoms with Gasteiger partial charge in [-0.15, -0.1) is 0 Å². The summed E-state index contributed by atoms with van der Waals surface area (Å²) in [4.78, 5) is 40.5. The number of nitrogens with zero attached hydrogens (tertiary/aromatic N) is 2. The van der Waals surface area contributed by atoms with E-state index in [4.69, 9.17) is 9.47 Å². The summed E-state index contributed by atoms with van der Waals surface area (Å²) < 4.78 is 11.4. The summed E-state index contributed by atoms with van der Waals surface area (Å²) in [5, 5.41) is 20.8. The molecule has 2 N–H and O–H groups in total. The van der Waals surface area contributed by atoms with E-state index in [9.17, 15) is 24.6 Å². The Kier molecular flexibility index (Phi) is 7.84. The minimum Gasteiger partial charge on any atom is -0.489 e. The van der Waals surface area contributed by atoms with Crippen molar-refractivity contribution in [3.63, 3.8) is 0 Å². The van der Waals surface area contributed by atoms with Gasteiger partial charge in [-0.25, -0.2) is 4.79 Å². The molecule has 3 unspecified atom stereocenters. The monoisotopic (exact) mass is 558 g/mol. The topological polar surface area (TPSA) is 117 Å². The fraction of sp³-hybridized carbons (Fsp3) is 0.344. The highest BCUT2D eigenvalue weighted by Crippen LogP contribution is 2.33. The number of hydrogen-bond acceptors (Lipinski definition) is 7. The number of aliphatic hydroxyl groups is 2. The molecule has 2 amide bonds. The maximum atomic E-state index is 12.7. The van der Waals surface area contributed by atoms with Crippen LogP contribution >= 0.6 is 0 Å². The number of ether oxygens (including phenoxy) is 2. The molecule has 0 bridgehead atoms. The lowest BCUT2D eigenvalue weighted by molar-refractivity contribution is -0.135. The SMILES string of the molecule is CC1=C(C)C(O)N(c2ccc(C(=O)Oc3ccc(OCC4=CCC(N5C(=O)C(C)=C(C)C5O)CC4)cc3)cc2)C1=O. The normalized spacial score (nSPS) is 23.0. The third-order valence-electron chi connectivity index (χ3n) is 8.27. The van der Waals surface area contributed by atoms with E-state index in [1.54, 1.807) is 81.1 Å². The van der Waals surface area contributed by atoms with Crippen LogP contribution in [-0.4, -0.2) is 58.0 Å². The molecule has 0 radical (unpaired) electrons. The molecule has 3 atom stereocenters. The minimum atomic E-state index is -1.02. The molecule has 214 valence electrons. The van der Waals surface area contributed by atoms with Crippen LogP contribution in [-0.2, 0) is 9.59 Å². The predicted molar refractivity (Wildman–Crippen MR) is 152 cm³/mol. The van der Waals surface area contributed by atoms with Gasteiger partial charge in [-0.2, -0.15) is 0 Å². The maximum Gasteiger partial charge on any atom is 0.343 e. The Morgan fingerprint density at radius 3 is 2.00 bits per heavy atom. The summed E-state index contributed by atoms with van der Waals surface area (Å²) in [7, 11) is 0.